The van der Waals surface area contributed by atoms with Crippen molar-refractivity contribution in [3.63, 3.8) is 0 Å². The minimum atomic E-state index is -0.894. The Bertz CT molecular complexity index is 472. The van der Waals surface area contributed by atoms with E-state index in [2.05, 4.69) is 15.9 Å². The van der Waals surface area contributed by atoms with Crippen molar-refractivity contribution >= 4 is 27.8 Å². The summed E-state index contributed by atoms with van der Waals surface area (Å²) in [4.78, 5) is 24.6. The summed E-state index contributed by atoms with van der Waals surface area (Å²) in [7, 11) is 0. The summed E-state index contributed by atoms with van der Waals surface area (Å²) < 4.78 is 1.01. The van der Waals surface area contributed by atoms with E-state index in [0.717, 1.165) is 16.5 Å². The number of benzene rings is 1. The monoisotopic (exact) mass is 325 g/mol. The Kier molecular flexibility index (Phi) is 4.58. The minimum absolute atomic E-state index is 0.0622. The number of hydrogen-bond acceptors (Lipinski definition) is 2. The second-order valence-corrected chi connectivity index (χ2v) is 5.63. The normalized spacial score (nSPS) is 18.6. The zero-order chi connectivity index (χ0) is 13.8. The number of aryl methyl sites for hydroxylation is 1. The number of nitrogens with zero attached hydrogens (tertiary/aromatic N) is 1. The standard InChI is InChI=1S/C14H16BrNO3/c15-11-6-3-10(4-7-11)5-8-13(17)16-9-1-2-12(16)14(18)19/h3-4,6-7,12H,1-2,5,8-9H2,(H,18,19)/t12-/m1/s1. The summed E-state index contributed by atoms with van der Waals surface area (Å²) in [5.74, 6) is -0.956. The van der Waals surface area contributed by atoms with E-state index < -0.39 is 12.0 Å². The van der Waals surface area contributed by atoms with Gasteiger partial charge in [-0.1, -0.05) is 28.1 Å². The van der Waals surface area contributed by atoms with E-state index in [1.807, 2.05) is 24.3 Å². The lowest BCUT2D eigenvalue weighted by Crippen LogP contribution is -2.40. The van der Waals surface area contributed by atoms with Gasteiger partial charge in [-0.15, -0.1) is 0 Å². The highest BCUT2D eigenvalue weighted by Crippen LogP contribution is 2.19. The van der Waals surface area contributed by atoms with Crippen LogP contribution < -0.4 is 0 Å². The smallest absolute Gasteiger partial charge is 0.326 e. The summed E-state index contributed by atoms with van der Waals surface area (Å²) in [6, 6.07) is 7.19. The van der Waals surface area contributed by atoms with Crippen molar-refractivity contribution in [3.05, 3.63) is 34.3 Å². The first-order valence-electron chi connectivity index (χ1n) is 6.34. The molecule has 5 heteroatoms. The van der Waals surface area contributed by atoms with Gasteiger partial charge in [-0.05, 0) is 37.0 Å². The maximum Gasteiger partial charge on any atom is 0.326 e. The van der Waals surface area contributed by atoms with Crippen molar-refractivity contribution in [1.82, 2.24) is 4.90 Å². The van der Waals surface area contributed by atoms with Gasteiger partial charge in [0.1, 0.15) is 6.04 Å². The number of rotatable bonds is 4. The van der Waals surface area contributed by atoms with Gasteiger partial charge in [0, 0.05) is 17.4 Å². The van der Waals surface area contributed by atoms with Crippen LogP contribution in [-0.4, -0.2) is 34.5 Å². The molecule has 1 amide bonds. The molecule has 1 aromatic rings. The number of hydrogen-bond donors (Lipinski definition) is 1. The summed E-state index contributed by atoms with van der Waals surface area (Å²) in [5, 5.41) is 9.05. The van der Waals surface area contributed by atoms with Crippen molar-refractivity contribution in [2.24, 2.45) is 0 Å². The molecule has 1 atom stereocenters. The van der Waals surface area contributed by atoms with Gasteiger partial charge >= 0.3 is 5.97 Å². The van der Waals surface area contributed by atoms with Gasteiger partial charge in [0.15, 0.2) is 0 Å². The fourth-order valence-electron chi connectivity index (χ4n) is 2.37. The van der Waals surface area contributed by atoms with Crippen molar-refractivity contribution in [2.45, 2.75) is 31.7 Å². The summed E-state index contributed by atoms with van der Waals surface area (Å²) in [6.45, 7) is 0.566. The van der Waals surface area contributed by atoms with Gasteiger partial charge in [-0.25, -0.2) is 4.79 Å². The average Bonchev–Trinajstić information content (AvgIpc) is 2.87. The Morgan fingerprint density at radius 2 is 2.00 bits per heavy atom. The highest BCUT2D eigenvalue weighted by Gasteiger charge is 2.33. The molecule has 1 N–H and O–H groups in total. The lowest BCUT2D eigenvalue weighted by molar-refractivity contribution is -0.148. The quantitative estimate of drug-likeness (QED) is 0.925. The molecule has 0 spiro atoms. The molecule has 0 bridgehead atoms. The topological polar surface area (TPSA) is 57.6 Å². The second kappa shape index (κ2) is 6.19. The molecule has 0 radical (unpaired) electrons. The molecule has 1 saturated heterocycles. The first-order chi connectivity index (χ1) is 9.08. The third-order valence-corrected chi connectivity index (χ3v) is 3.93. The van der Waals surface area contributed by atoms with Gasteiger partial charge in [-0.2, -0.15) is 0 Å². The molecule has 102 valence electrons. The van der Waals surface area contributed by atoms with Crippen LogP contribution >= 0.6 is 15.9 Å². The third kappa shape index (κ3) is 3.56. The molecule has 1 aliphatic heterocycles. The predicted octanol–water partition coefficient (Wildman–Crippen LogP) is 2.46. The molecular formula is C14H16BrNO3. The third-order valence-electron chi connectivity index (χ3n) is 3.40. The van der Waals surface area contributed by atoms with Crippen molar-refractivity contribution in [2.75, 3.05) is 6.54 Å². The zero-order valence-electron chi connectivity index (χ0n) is 10.5. The molecule has 1 aliphatic rings. The van der Waals surface area contributed by atoms with E-state index in [0.29, 0.717) is 25.8 Å². The maximum absolute atomic E-state index is 12.1. The molecular weight excluding hydrogens is 310 g/mol. The first kappa shape index (κ1) is 14.1. The van der Waals surface area contributed by atoms with Crippen LogP contribution in [0.25, 0.3) is 0 Å². The van der Waals surface area contributed by atoms with Crippen LogP contribution in [0.2, 0.25) is 0 Å². The highest BCUT2D eigenvalue weighted by molar-refractivity contribution is 9.10. The van der Waals surface area contributed by atoms with Crippen molar-refractivity contribution in [3.8, 4) is 0 Å². The molecule has 4 nitrogen and oxygen atoms in total. The molecule has 19 heavy (non-hydrogen) atoms. The van der Waals surface area contributed by atoms with E-state index in [9.17, 15) is 9.59 Å². The number of aliphatic carboxylic acids is 1. The predicted molar refractivity (Wildman–Crippen MR) is 74.8 cm³/mol. The maximum atomic E-state index is 12.1. The SMILES string of the molecule is O=C(O)[C@H]1CCCN1C(=O)CCc1ccc(Br)cc1. The number of amides is 1. The van der Waals surface area contributed by atoms with Crippen LogP contribution in [0.5, 0.6) is 0 Å². The van der Waals surface area contributed by atoms with Crippen molar-refractivity contribution < 1.29 is 14.7 Å². The zero-order valence-corrected chi connectivity index (χ0v) is 12.1. The summed E-state index contributed by atoms with van der Waals surface area (Å²) in [6.07, 6.45) is 2.36. The van der Waals surface area contributed by atoms with Crippen LogP contribution in [-0.2, 0) is 16.0 Å². The van der Waals surface area contributed by atoms with E-state index in [-0.39, 0.29) is 5.91 Å². The van der Waals surface area contributed by atoms with E-state index in [1.54, 1.807) is 0 Å². The second-order valence-electron chi connectivity index (χ2n) is 4.71. The Balaban J connectivity index is 1.90. The number of carboxylic acids is 1. The van der Waals surface area contributed by atoms with Gasteiger partial charge < -0.3 is 10.0 Å². The van der Waals surface area contributed by atoms with Crippen molar-refractivity contribution in [1.29, 1.82) is 0 Å². The Labute approximate surface area is 120 Å². The molecule has 1 heterocycles. The first-order valence-corrected chi connectivity index (χ1v) is 7.14. The largest absolute Gasteiger partial charge is 0.480 e. The van der Waals surface area contributed by atoms with Gasteiger partial charge in [0.25, 0.3) is 0 Å². The van der Waals surface area contributed by atoms with Gasteiger partial charge in [0.2, 0.25) is 5.91 Å². The van der Waals surface area contributed by atoms with Crippen LogP contribution in [0.4, 0.5) is 0 Å². The van der Waals surface area contributed by atoms with Gasteiger partial charge in [-0.3, -0.25) is 4.79 Å². The molecule has 0 unspecified atom stereocenters. The number of carbonyl (C=O) groups excluding carboxylic acids is 1. The lowest BCUT2D eigenvalue weighted by atomic mass is 10.1. The molecule has 0 aromatic heterocycles. The van der Waals surface area contributed by atoms with E-state index >= 15 is 0 Å². The molecule has 0 aliphatic carbocycles. The molecule has 0 saturated carbocycles. The highest BCUT2D eigenvalue weighted by atomic mass is 79.9. The average molecular weight is 326 g/mol. The molecule has 1 fully saturated rings. The van der Waals surface area contributed by atoms with Crippen LogP contribution in [0, 0.1) is 0 Å². The summed E-state index contributed by atoms with van der Waals surface area (Å²) in [5.41, 5.74) is 1.09. The molecule has 2 rings (SSSR count). The summed E-state index contributed by atoms with van der Waals surface area (Å²) >= 11 is 3.36. The van der Waals surface area contributed by atoms with Crippen LogP contribution in [0.3, 0.4) is 0 Å². The van der Waals surface area contributed by atoms with Gasteiger partial charge in [0.05, 0.1) is 0 Å². The Morgan fingerprint density at radius 1 is 1.32 bits per heavy atom. The fraction of sp³-hybridized carbons (Fsp3) is 0.429. The van der Waals surface area contributed by atoms with E-state index in [1.165, 1.54) is 4.90 Å². The molecule has 1 aromatic carbocycles. The number of carboxylic acid groups (broad SMARTS) is 1. The van der Waals surface area contributed by atoms with Crippen LogP contribution in [0.1, 0.15) is 24.8 Å². The van der Waals surface area contributed by atoms with E-state index in [4.69, 9.17) is 5.11 Å². The number of likely N-dealkylation sites (tertiary alicyclic amines) is 1. The fourth-order valence-corrected chi connectivity index (χ4v) is 2.63. The minimum Gasteiger partial charge on any atom is -0.480 e. The Morgan fingerprint density at radius 3 is 2.63 bits per heavy atom. The number of halogens is 1. The van der Waals surface area contributed by atoms with Crippen LogP contribution in [0.15, 0.2) is 28.7 Å². The number of carbonyl (C=O) groups is 2. The Hall–Kier alpha value is -1.36. The lowest BCUT2D eigenvalue weighted by Gasteiger charge is -2.21.